The summed E-state index contributed by atoms with van der Waals surface area (Å²) in [5.41, 5.74) is 1.91. The zero-order valence-corrected chi connectivity index (χ0v) is 20.0. The highest BCUT2D eigenvalue weighted by Crippen LogP contribution is 2.39. The van der Waals surface area contributed by atoms with Gasteiger partial charge in [-0.2, -0.15) is 0 Å². The topological polar surface area (TPSA) is 100 Å². The van der Waals surface area contributed by atoms with E-state index >= 15 is 0 Å². The molecule has 0 bridgehead atoms. The molecule has 1 saturated heterocycles. The van der Waals surface area contributed by atoms with Crippen LogP contribution in [0.3, 0.4) is 0 Å². The van der Waals surface area contributed by atoms with Crippen molar-refractivity contribution in [3.63, 3.8) is 0 Å². The molecule has 0 radical (unpaired) electrons. The van der Waals surface area contributed by atoms with E-state index in [0.29, 0.717) is 40.1 Å². The van der Waals surface area contributed by atoms with Gasteiger partial charge in [0.2, 0.25) is 0 Å². The number of pyridine rings is 2. The predicted octanol–water partition coefficient (Wildman–Crippen LogP) is 3.28. The Morgan fingerprint density at radius 3 is 2.81 bits per heavy atom. The highest BCUT2D eigenvalue weighted by Gasteiger charge is 2.22. The molecule has 0 saturated carbocycles. The van der Waals surface area contributed by atoms with Crippen molar-refractivity contribution in [3.8, 4) is 17.2 Å². The minimum absolute atomic E-state index is 0.0777. The molecule has 6 rings (SSSR count). The summed E-state index contributed by atoms with van der Waals surface area (Å²) in [6, 6.07) is 10.9. The Morgan fingerprint density at radius 2 is 2.03 bits per heavy atom. The minimum Gasteiger partial charge on any atom is -0.493 e. The van der Waals surface area contributed by atoms with E-state index in [2.05, 4.69) is 10.3 Å². The molecule has 36 heavy (non-hydrogen) atoms. The molecule has 184 valence electrons. The molecule has 2 aromatic carbocycles. The molecule has 9 nitrogen and oxygen atoms in total. The molecule has 1 fully saturated rings. The summed E-state index contributed by atoms with van der Waals surface area (Å²) in [6.07, 6.45) is 3.79. The lowest BCUT2D eigenvalue weighted by Crippen LogP contribution is -2.35. The first-order valence-corrected chi connectivity index (χ1v) is 11.8. The summed E-state index contributed by atoms with van der Waals surface area (Å²) in [4.78, 5) is 30.7. The van der Waals surface area contributed by atoms with Crippen LogP contribution >= 0.6 is 0 Å². The number of carbonyl (C=O) groups excluding carboxylic acids is 1. The number of amides is 1. The van der Waals surface area contributed by atoms with Crippen molar-refractivity contribution in [2.75, 3.05) is 34.0 Å². The predicted molar refractivity (Wildman–Crippen MR) is 136 cm³/mol. The molecule has 9 heteroatoms. The molecule has 0 aliphatic carbocycles. The molecule has 1 aliphatic rings. The van der Waals surface area contributed by atoms with Gasteiger partial charge in [0, 0.05) is 35.5 Å². The van der Waals surface area contributed by atoms with Crippen LogP contribution in [0.4, 0.5) is 0 Å². The van der Waals surface area contributed by atoms with Crippen molar-refractivity contribution >= 4 is 44.0 Å². The van der Waals surface area contributed by atoms with E-state index in [-0.39, 0.29) is 24.2 Å². The molecular formula is C27H25N3O6. The van der Waals surface area contributed by atoms with Crippen LogP contribution in [-0.2, 0) is 9.53 Å². The first-order valence-electron chi connectivity index (χ1n) is 11.8. The SMILES string of the molecule is COc1ccc2c(c1OC)c(=O)n1c3ccc(OCC(=O)NC[C@@H]4CCCO4)cc3c3ccnc2c31. The van der Waals surface area contributed by atoms with Crippen molar-refractivity contribution in [1.29, 1.82) is 0 Å². The molecule has 3 aromatic heterocycles. The fourth-order valence-corrected chi connectivity index (χ4v) is 5.12. The number of hydrogen-bond donors (Lipinski definition) is 1. The van der Waals surface area contributed by atoms with Gasteiger partial charge < -0.3 is 24.3 Å². The number of hydrogen-bond acceptors (Lipinski definition) is 7. The molecule has 5 aromatic rings. The van der Waals surface area contributed by atoms with Crippen LogP contribution in [-0.4, -0.2) is 55.4 Å². The third-order valence-corrected chi connectivity index (χ3v) is 6.79. The van der Waals surface area contributed by atoms with Gasteiger partial charge in [0.25, 0.3) is 11.5 Å². The van der Waals surface area contributed by atoms with E-state index in [1.807, 2.05) is 24.3 Å². The quantitative estimate of drug-likeness (QED) is 0.352. The summed E-state index contributed by atoms with van der Waals surface area (Å²) in [7, 11) is 3.06. The maximum atomic E-state index is 13.8. The highest BCUT2D eigenvalue weighted by molar-refractivity contribution is 6.19. The Kier molecular flexibility index (Phi) is 5.49. The zero-order valence-electron chi connectivity index (χ0n) is 20.0. The molecular weight excluding hydrogens is 462 g/mol. The number of aromatic nitrogens is 2. The van der Waals surface area contributed by atoms with Gasteiger partial charge >= 0.3 is 0 Å². The molecule has 0 spiro atoms. The van der Waals surface area contributed by atoms with Crippen LogP contribution in [0.25, 0.3) is 38.1 Å². The van der Waals surface area contributed by atoms with Crippen LogP contribution in [0.2, 0.25) is 0 Å². The maximum Gasteiger partial charge on any atom is 0.267 e. The number of benzene rings is 2. The Balaban J connectivity index is 1.42. The van der Waals surface area contributed by atoms with Crippen LogP contribution < -0.4 is 25.1 Å². The van der Waals surface area contributed by atoms with E-state index in [1.165, 1.54) is 14.2 Å². The second-order valence-electron chi connectivity index (χ2n) is 8.83. The second-order valence-corrected chi connectivity index (χ2v) is 8.83. The van der Waals surface area contributed by atoms with E-state index in [0.717, 1.165) is 41.3 Å². The first-order chi connectivity index (χ1) is 17.6. The van der Waals surface area contributed by atoms with Crippen LogP contribution in [0.15, 0.2) is 47.4 Å². The summed E-state index contributed by atoms with van der Waals surface area (Å²) < 4.78 is 24.0. The molecule has 0 unspecified atom stereocenters. The van der Waals surface area contributed by atoms with Crippen LogP contribution in [0, 0.1) is 0 Å². The van der Waals surface area contributed by atoms with E-state index in [9.17, 15) is 9.59 Å². The third kappa shape index (κ3) is 3.46. The molecule has 1 amide bonds. The van der Waals surface area contributed by atoms with Gasteiger partial charge in [0.05, 0.1) is 42.3 Å². The fraction of sp³-hybridized carbons (Fsp3) is 0.296. The Labute approximate surface area is 205 Å². The Morgan fingerprint density at radius 1 is 1.14 bits per heavy atom. The summed E-state index contributed by atoms with van der Waals surface area (Å²) in [6.45, 7) is 1.13. The van der Waals surface area contributed by atoms with E-state index in [4.69, 9.17) is 18.9 Å². The average molecular weight is 488 g/mol. The smallest absolute Gasteiger partial charge is 0.267 e. The first kappa shape index (κ1) is 22.4. The van der Waals surface area contributed by atoms with Gasteiger partial charge in [-0.1, -0.05) is 0 Å². The summed E-state index contributed by atoms with van der Waals surface area (Å²) >= 11 is 0. The van der Waals surface area contributed by atoms with Crippen molar-refractivity contribution in [1.82, 2.24) is 14.7 Å². The average Bonchev–Trinajstić information content (AvgIpc) is 3.55. The molecule has 1 N–H and O–H groups in total. The number of rotatable bonds is 7. The third-order valence-electron chi connectivity index (χ3n) is 6.79. The summed E-state index contributed by atoms with van der Waals surface area (Å²) in [5, 5.41) is 5.66. The molecule has 1 atom stereocenters. The molecule has 4 heterocycles. The van der Waals surface area contributed by atoms with Crippen molar-refractivity contribution < 1.29 is 23.7 Å². The Hall–Kier alpha value is -4.11. The normalized spacial score (nSPS) is 15.8. The van der Waals surface area contributed by atoms with E-state index < -0.39 is 0 Å². The number of nitrogens with one attached hydrogen (secondary N) is 1. The number of ether oxygens (including phenoxy) is 4. The van der Waals surface area contributed by atoms with Crippen molar-refractivity contribution in [3.05, 3.63) is 52.9 Å². The number of carbonyl (C=O) groups is 1. The lowest BCUT2D eigenvalue weighted by molar-refractivity contribution is -0.123. The Bertz CT molecular complexity index is 1670. The lowest BCUT2D eigenvalue weighted by atomic mass is 10.1. The highest BCUT2D eigenvalue weighted by atomic mass is 16.5. The van der Waals surface area contributed by atoms with E-state index in [1.54, 1.807) is 22.7 Å². The second kappa shape index (κ2) is 8.83. The van der Waals surface area contributed by atoms with Gasteiger partial charge in [0.15, 0.2) is 18.1 Å². The van der Waals surface area contributed by atoms with Gasteiger partial charge in [-0.05, 0) is 49.2 Å². The van der Waals surface area contributed by atoms with Gasteiger partial charge in [0.1, 0.15) is 5.75 Å². The maximum absolute atomic E-state index is 13.8. The standard InChI is InChI=1S/C27H25N3O6/c1-33-21-8-6-18-23(26(21)34-2)27(32)30-20-7-5-15(12-19(20)17-9-10-28-24(18)25(17)30)36-14-22(31)29-13-16-4-3-11-35-16/h5-10,12,16H,3-4,11,13-14H2,1-2H3,(H,29,31)/t16-/m0/s1. The lowest BCUT2D eigenvalue weighted by Gasteiger charge is -2.12. The summed E-state index contributed by atoms with van der Waals surface area (Å²) in [5.74, 6) is 1.19. The largest absolute Gasteiger partial charge is 0.493 e. The van der Waals surface area contributed by atoms with Crippen LogP contribution in [0.1, 0.15) is 12.8 Å². The van der Waals surface area contributed by atoms with Crippen molar-refractivity contribution in [2.24, 2.45) is 0 Å². The van der Waals surface area contributed by atoms with Gasteiger partial charge in [-0.15, -0.1) is 0 Å². The monoisotopic (exact) mass is 487 g/mol. The fourth-order valence-electron chi connectivity index (χ4n) is 5.12. The number of methoxy groups -OCH3 is 2. The van der Waals surface area contributed by atoms with Gasteiger partial charge in [-0.25, -0.2) is 0 Å². The molecule has 1 aliphatic heterocycles. The van der Waals surface area contributed by atoms with Gasteiger partial charge in [-0.3, -0.25) is 19.0 Å². The van der Waals surface area contributed by atoms with Crippen LogP contribution in [0.5, 0.6) is 17.2 Å². The minimum atomic E-state index is -0.219. The number of nitrogens with zero attached hydrogens (tertiary/aromatic N) is 2. The zero-order chi connectivity index (χ0) is 24.8. The number of fused-ring (bicyclic) bond motifs is 5. The van der Waals surface area contributed by atoms with Crippen molar-refractivity contribution in [2.45, 2.75) is 18.9 Å².